The first-order valence-electron chi connectivity index (χ1n) is 5.63. The highest BCUT2D eigenvalue weighted by Crippen LogP contribution is 2.02. The molecule has 0 radical (unpaired) electrons. The summed E-state index contributed by atoms with van der Waals surface area (Å²) in [6, 6.07) is 0. The Morgan fingerprint density at radius 1 is 1.29 bits per heavy atom. The summed E-state index contributed by atoms with van der Waals surface area (Å²) in [5.74, 6) is 0.632. The summed E-state index contributed by atoms with van der Waals surface area (Å²) < 4.78 is 1.67. The average molecular weight is 232 g/mol. The standard InChI is InChI=1S/C11H16N6/c1-9(2)3-12-4-10-7-17(16-15-10)11-5-13-8-14-6-11/h5-9,12H,3-4H2,1-2H3. The zero-order chi connectivity index (χ0) is 12.1. The Balaban J connectivity index is 1.97. The van der Waals surface area contributed by atoms with E-state index in [1.807, 2.05) is 6.20 Å². The van der Waals surface area contributed by atoms with Crippen LogP contribution in [0.15, 0.2) is 24.9 Å². The molecule has 0 spiro atoms. The van der Waals surface area contributed by atoms with Crippen molar-refractivity contribution in [2.24, 2.45) is 5.92 Å². The van der Waals surface area contributed by atoms with E-state index in [1.54, 1.807) is 17.1 Å². The molecule has 0 saturated heterocycles. The van der Waals surface area contributed by atoms with E-state index in [0.29, 0.717) is 5.92 Å². The van der Waals surface area contributed by atoms with Crippen LogP contribution in [0.2, 0.25) is 0 Å². The second kappa shape index (κ2) is 5.49. The minimum Gasteiger partial charge on any atom is -0.311 e. The molecule has 0 aliphatic heterocycles. The van der Waals surface area contributed by atoms with E-state index < -0.39 is 0 Å². The van der Waals surface area contributed by atoms with Gasteiger partial charge in [0.2, 0.25) is 0 Å². The Morgan fingerprint density at radius 3 is 2.76 bits per heavy atom. The number of nitrogens with zero attached hydrogens (tertiary/aromatic N) is 5. The average Bonchev–Trinajstić information content (AvgIpc) is 2.78. The third-order valence-electron chi connectivity index (χ3n) is 2.21. The minimum atomic E-state index is 0.632. The van der Waals surface area contributed by atoms with Crippen LogP contribution in [0.4, 0.5) is 0 Å². The van der Waals surface area contributed by atoms with Crippen LogP contribution < -0.4 is 5.32 Å². The third-order valence-corrected chi connectivity index (χ3v) is 2.21. The smallest absolute Gasteiger partial charge is 0.115 e. The summed E-state index contributed by atoms with van der Waals surface area (Å²) in [6.45, 7) is 6.05. The summed E-state index contributed by atoms with van der Waals surface area (Å²) in [6.07, 6.45) is 6.78. The lowest BCUT2D eigenvalue weighted by Crippen LogP contribution is -2.19. The molecule has 2 rings (SSSR count). The first-order valence-corrected chi connectivity index (χ1v) is 5.63. The molecule has 1 N–H and O–H groups in total. The van der Waals surface area contributed by atoms with Crippen molar-refractivity contribution in [2.75, 3.05) is 6.54 Å². The molecule has 2 aromatic rings. The fourth-order valence-corrected chi connectivity index (χ4v) is 1.40. The van der Waals surface area contributed by atoms with Crippen molar-refractivity contribution < 1.29 is 0 Å². The molecule has 0 unspecified atom stereocenters. The number of hydrogen-bond donors (Lipinski definition) is 1. The quantitative estimate of drug-likeness (QED) is 0.826. The van der Waals surface area contributed by atoms with Crippen LogP contribution in [0.5, 0.6) is 0 Å². The highest BCUT2D eigenvalue weighted by molar-refractivity contribution is 5.22. The molecule has 0 aliphatic rings. The summed E-state index contributed by atoms with van der Waals surface area (Å²) in [7, 11) is 0. The Hall–Kier alpha value is -1.82. The Morgan fingerprint density at radius 2 is 2.06 bits per heavy atom. The van der Waals surface area contributed by atoms with Gasteiger partial charge in [0, 0.05) is 6.54 Å². The van der Waals surface area contributed by atoms with Gasteiger partial charge >= 0.3 is 0 Å². The van der Waals surface area contributed by atoms with Gasteiger partial charge in [0.25, 0.3) is 0 Å². The topological polar surface area (TPSA) is 68.5 Å². The van der Waals surface area contributed by atoms with E-state index in [9.17, 15) is 0 Å². The van der Waals surface area contributed by atoms with E-state index in [4.69, 9.17) is 0 Å². The molecular weight excluding hydrogens is 216 g/mol. The van der Waals surface area contributed by atoms with Crippen LogP contribution in [-0.4, -0.2) is 31.5 Å². The Kier molecular flexibility index (Phi) is 3.77. The fourth-order valence-electron chi connectivity index (χ4n) is 1.40. The molecule has 2 heterocycles. The highest BCUT2D eigenvalue weighted by atomic mass is 15.4. The van der Waals surface area contributed by atoms with Crippen LogP contribution in [0, 0.1) is 5.92 Å². The van der Waals surface area contributed by atoms with Crippen LogP contribution in [0.25, 0.3) is 5.69 Å². The molecule has 0 bridgehead atoms. The number of hydrogen-bond acceptors (Lipinski definition) is 5. The minimum absolute atomic E-state index is 0.632. The zero-order valence-corrected chi connectivity index (χ0v) is 10.0. The predicted molar refractivity (Wildman–Crippen MR) is 63.5 cm³/mol. The summed E-state index contributed by atoms with van der Waals surface area (Å²) in [4.78, 5) is 7.88. The molecule has 17 heavy (non-hydrogen) atoms. The molecular formula is C11H16N6. The SMILES string of the molecule is CC(C)CNCc1cn(-c2cncnc2)nn1. The fraction of sp³-hybridized carbons (Fsp3) is 0.455. The van der Waals surface area contributed by atoms with Gasteiger partial charge in [-0.05, 0) is 12.5 Å². The Bertz CT molecular complexity index is 450. The van der Waals surface area contributed by atoms with Gasteiger partial charge in [-0.2, -0.15) is 0 Å². The lowest BCUT2D eigenvalue weighted by molar-refractivity contribution is 0.548. The molecule has 0 aromatic carbocycles. The summed E-state index contributed by atoms with van der Waals surface area (Å²) >= 11 is 0. The largest absolute Gasteiger partial charge is 0.311 e. The molecule has 0 amide bonds. The van der Waals surface area contributed by atoms with Gasteiger partial charge in [-0.1, -0.05) is 19.1 Å². The predicted octanol–water partition coefficient (Wildman–Crippen LogP) is 0.803. The number of rotatable bonds is 5. The van der Waals surface area contributed by atoms with E-state index in [2.05, 4.69) is 39.4 Å². The van der Waals surface area contributed by atoms with Crippen molar-refractivity contribution in [2.45, 2.75) is 20.4 Å². The first-order chi connectivity index (χ1) is 8.25. The molecule has 0 saturated carbocycles. The lowest BCUT2D eigenvalue weighted by atomic mass is 10.2. The van der Waals surface area contributed by atoms with Gasteiger partial charge < -0.3 is 5.32 Å². The second-order valence-electron chi connectivity index (χ2n) is 4.28. The van der Waals surface area contributed by atoms with Crippen molar-refractivity contribution in [1.29, 1.82) is 0 Å². The van der Waals surface area contributed by atoms with E-state index in [1.165, 1.54) is 6.33 Å². The van der Waals surface area contributed by atoms with Gasteiger partial charge in [0.15, 0.2) is 0 Å². The van der Waals surface area contributed by atoms with Gasteiger partial charge in [-0.15, -0.1) is 5.10 Å². The molecule has 6 heteroatoms. The number of nitrogens with one attached hydrogen (secondary N) is 1. The summed E-state index contributed by atoms with van der Waals surface area (Å²) in [5.41, 5.74) is 1.73. The first kappa shape index (κ1) is 11.7. The van der Waals surface area contributed by atoms with Gasteiger partial charge in [-0.3, -0.25) is 0 Å². The monoisotopic (exact) mass is 232 g/mol. The maximum Gasteiger partial charge on any atom is 0.115 e. The summed E-state index contributed by atoms with van der Waals surface area (Å²) in [5, 5.41) is 11.4. The maximum atomic E-state index is 4.08. The third kappa shape index (κ3) is 3.32. The second-order valence-corrected chi connectivity index (χ2v) is 4.28. The zero-order valence-electron chi connectivity index (χ0n) is 10.0. The lowest BCUT2D eigenvalue weighted by Gasteiger charge is -2.04. The molecule has 0 fully saturated rings. The highest BCUT2D eigenvalue weighted by Gasteiger charge is 2.03. The van der Waals surface area contributed by atoms with Crippen molar-refractivity contribution in [3.8, 4) is 5.69 Å². The van der Waals surface area contributed by atoms with Crippen LogP contribution >= 0.6 is 0 Å². The van der Waals surface area contributed by atoms with Crippen molar-refractivity contribution in [3.05, 3.63) is 30.6 Å². The molecule has 0 aliphatic carbocycles. The van der Waals surface area contributed by atoms with Crippen LogP contribution in [0.3, 0.4) is 0 Å². The molecule has 6 nitrogen and oxygen atoms in total. The van der Waals surface area contributed by atoms with Crippen molar-refractivity contribution in [3.63, 3.8) is 0 Å². The van der Waals surface area contributed by atoms with Crippen LogP contribution in [-0.2, 0) is 6.54 Å². The molecule has 90 valence electrons. The normalized spacial score (nSPS) is 11.0. The molecule has 2 aromatic heterocycles. The van der Waals surface area contributed by atoms with E-state index >= 15 is 0 Å². The molecule has 0 atom stereocenters. The van der Waals surface area contributed by atoms with E-state index in [0.717, 1.165) is 24.5 Å². The number of aromatic nitrogens is 5. The van der Waals surface area contributed by atoms with Crippen LogP contribution in [0.1, 0.15) is 19.5 Å². The maximum absolute atomic E-state index is 4.08. The van der Waals surface area contributed by atoms with Gasteiger partial charge in [-0.25, -0.2) is 14.6 Å². The van der Waals surface area contributed by atoms with Crippen molar-refractivity contribution >= 4 is 0 Å². The van der Waals surface area contributed by atoms with Crippen molar-refractivity contribution in [1.82, 2.24) is 30.3 Å². The Labute approximate surface area is 100 Å². The van der Waals surface area contributed by atoms with E-state index in [-0.39, 0.29) is 0 Å². The van der Waals surface area contributed by atoms with Gasteiger partial charge in [0.1, 0.15) is 12.0 Å². The van der Waals surface area contributed by atoms with Gasteiger partial charge in [0.05, 0.1) is 24.3 Å².